The number of rotatable bonds is 6. The van der Waals surface area contributed by atoms with Crippen molar-refractivity contribution >= 4 is 44.6 Å². The lowest BCUT2D eigenvalue weighted by atomic mass is 9.80. The monoisotopic (exact) mass is 766 g/mol. The van der Waals surface area contributed by atoms with Crippen LogP contribution in [0.15, 0.2) is 140 Å². The van der Waals surface area contributed by atoms with Crippen molar-refractivity contribution in [1.82, 2.24) is 9.55 Å². The highest BCUT2D eigenvalue weighted by Crippen LogP contribution is 2.46. The van der Waals surface area contributed by atoms with Gasteiger partial charge in [-0.1, -0.05) is 102 Å². The highest BCUT2D eigenvalue weighted by atomic mass is 16.5. The summed E-state index contributed by atoms with van der Waals surface area (Å²) in [6, 6.07) is 44.5. The Morgan fingerprint density at radius 1 is 0.586 bits per heavy atom. The first-order valence-electron chi connectivity index (χ1n) is 22.9. The molecule has 9 rings (SSSR count). The molecule has 5 nitrogen and oxygen atoms in total. The molecule has 0 spiro atoms. The zero-order chi connectivity index (χ0) is 45.5. The summed E-state index contributed by atoms with van der Waals surface area (Å²) < 4.78 is 57.9. The average molecular weight is 767 g/mol. The van der Waals surface area contributed by atoms with Gasteiger partial charge in [0.2, 0.25) is 0 Å². The summed E-state index contributed by atoms with van der Waals surface area (Å²) in [6.07, 6.45) is 1.67. The van der Waals surface area contributed by atoms with Gasteiger partial charge in [0.1, 0.15) is 24.0 Å². The molecule has 0 radical (unpaired) electrons. The fourth-order valence-electron chi connectivity index (χ4n) is 8.27. The molecule has 3 heterocycles. The quantitative estimate of drug-likeness (QED) is 0.169. The predicted octanol–water partition coefficient (Wildman–Crippen LogP) is 14.4. The molecule has 0 unspecified atom stereocenters. The van der Waals surface area contributed by atoms with Gasteiger partial charge in [0, 0.05) is 48.7 Å². The molecule has 1 aliphatic rings. The standard InChI is InChI=1S/C53H52N4O/c1-34-25-35(2)51(36(3)26-34)37-23-24-54-50(27-37)57-46-18-11-10-17-44(46)45-22-21-43(32-49(45)57)58-42-16-14-15-40(31-42)55-33-56(48-20-13-12-19-47(48)55)41-29-38(52(4,5)6)28-39(30-41)53(7,8)9/h10-32H,33H2,1-9H3/i1D3,2D3. The number of ether oxygens (including phenoxy) is 1. The van der Waals surface area contributed by atoms with E-state index < -0.39 is 13.7 Å². The van der Waals surface area contributed by atoms with Crippen LogP contribution in [0.1, 0.15) is 77.6 Å². The van der Waals surface area contributed by atoms with Gasteiger partial charge in [0.25, 0.3) is 0 Å². The van der Waals surface area contributed by atoms with Gasteiger partial charge in [-0.15, -0.1) is 0 Å². The van der Waals surface area contributed by atoms with Crippen molar-refractivity contribution in [2.45, 2.75) is 73.0 Å². The van der Waals surface area contributed by atoms with E-state index in [0.717, 1.165) is 38.9 Å². The van der Waals surface area contributed by atoms with Gasteiger partial charge in [-0.05, 0) is 132 Å². The number of aromatic nitrogens is 2. The minimum atomic E-state index is -2.55. The Morgan fingerprint density at radius 2 is 1.26 bits per heavy atom. The van der Waals surface area contributed by atoms with E-state index in [2.05, 4.69) is 123 Å². The fourth-order valence-corrected chi connectivity index (χ4v) is 8.27. The number of benzene rings is 6. The third kappa shape index (κ3) is 6.68. The van der Waals surface area contributed by atoms with Crippen LogP contribution in [0.2, 0.25) is 0 Å². The molecular weight excluding hydrogens is 709 g/mol. The van der Waals surface area contributed by atoms with Crippen molar-refractivity contribution in [3.8, 4) is 28.4 Å². The second kappa shape index (κ2) is 13.9. The molecule has 6 aromatic carbocycles. The van der Waals surface area contributed by atoms with E-state index in [4.69, 9.17) is 17.9 Å². The van der Waals surface area contributed by atoms with E-state index in [-0.39, 0.29) is 22.0 Å². The van der Waals surface area contributed by atoms with Gasteiger partial charge in [-0.3, -0.25) is 4.57 Å². The van der Waals surface area contributed by atoms with Crippen molar-refractivity contribution in [1.29, 1.82) is 0 Å². The second-order valence-electron chi connectivity index (χ2n) is 17.5. The minimum absolute atomic E-state index is 0.00145. The number of pyridine rings is 1. The number of fused-ring (bicyclic) bond motifs is 4. The van der Waals surface area contributed by atoms with E-state index in [1.54, 1.807) is 25.3 Å². The largest absolute Gasteiger partial charge is 0.457 e. The molecular formula is C53H52N4O. The summed E-state index contributed by atoms with van der Waals surface area (Å²) in [5.74, 6) is 1.91. The summed E-state index contributed by atoms with van der Waals surface area (Å²) in [4.78, 5) is 9.55. The van der Waals surface area contributed by atoms with Gasteiger partial charge in [-0.25, -0.2) is 4.98 Å². The highest BCUT2D eigenvalue weighted by molar-refractivity contribution is 6.09. The predicted molar refractivity (Wildman–Crippen MR) is 244 cm³/mol. The number of hydrogen-bond acceptors (Lipinski definition) is 4. The summed E-state index contributed by atoms with van der Waals surface area (Å²) in [7, 11) is 0. The van der Waals surface area contributed by atoms with Crippen LogP contribution < -0.4 is 14.5 Å². The van der Waals surface area contributed by atoms with Crippen LogP contribution >= 0.6 is 0 Å². The third-order valence-electron chi connectivity index (χ3n) is 11.3. The normalized spacial score (nSPS) is 15.1. The summed E-state index contributed by atoms with van der Waals surface area (Å²) in [5.41, 5.74) is 10.5. The Hall–Kier alpha value is -6.33. The molecule has 58 heavy (non-hydrogen) atoms. The van der Waals surface area contributed by atoms with E-state index >= 15 is 0 Å². The number of para-hydroxylation sites is 3. The van der Waals surface area contributed by atoms with Crippen LogP contribution in [-0.2, 0) is 10.8 Å². The van der Waals surface area contributed by atoms with Crippen LogP contribution in [0.25, 0.3) is 38.8 Å². The van der Waals surface area contributed by atoms with Crippen LogP contribution in [0.5, 0.6) is 11.5 Å². The molecule has 0 amide bonds. The van der Waals surface area contributed by atoms with Crippen LogP contribution in [0.3, 0.4) is 0 Å². The molecule has 0 N–H and O–H groups in total. The van der Waals surface area contributed by atoms with E-state index in [1.165, 1.54) is 22.9 Å². The van der Waals surface area contributed by atoms with Crippen molar-refractivity contribution in [3.05, 3.63) is 167 Å². The Labute approximate surface area is 351 Å². The van der Waals surface area contributed by atoms with E-state index in [1.807, 2.05) is 48.5 Å². The van der Waals surface area contributed by atoms with Gasteiger partial charge < -0.3 is 14.5 Å². The Kier molecular flexibility index (Phi) is 7.40. The SMILES string of the molecule is [2H]C([2H])([2H])c1cc(C)c(-c2ccnc(-n3c4ccccc4c4ccc(Oc5cccc(N6CN(c7cc(C(C)(C)C)cc(C(C)(C)C)c7)c7ccccc76)c5)cc43)c2)c(C([2H])([2H])[2H])c1. The summed E-state index contributed by atoms with van der Waals surface area (Å²) in [6.45, 7) is 11.0. The zero-order valence-electron chi connectivity index (χ0n) is 40.2. The maximum absolute atomic E-state index is 8.39. The Balaban J connectivity index is 1.08. The molecule has 0 saturated carbocycles. The topological polar surface area (TPSA) is 33.5 Å². The van der Waals surface area contributed by atoms with Crippen molar-refractivity contribution in [3.63, 3.8) is 0 Å². The Bertz CT molecular complexity index is 3060. The van der Waals surface area contributed by atoms with E-state index in [9.17, 15) is 0 Å². The molecule has 1 aliphatic heterocycles. The second-order valence-corrected chi connectivity index (χ2v) is 17.5. The molecule has 8 aromatic rings. The minimum Gasteiger partial charge on any atom is -0.457 e. The lowest BCUT2D eigenvalue weighted by Gasteiger charge is -2.29. The van der Waals surface area contributed by atoms with Gasteiger partial charge in [0.15, 0.2) is 0 Å². The van der Waals surface area contributed by atoms with Crippen molar-refractivity contribution < 1.29 is 13.0 Å². The van der Waals surface area contributed by atoms with E-state index in [0.29, 0.717) is 40.7 Å². The summed E-state index contributed by atoms with van der Waals surface area (Å²) >= 11 is 0. The number of nitrogens with zero attached hydrogens (tertiary/aromatic N) is 4. The third-order valence-corrected chi connectivity index (χ3v) is 11.3. The molecule has 2 aromatic heterocycles. The first kappa shape index (κ1) is 30.8. The summed E-state index contributed by atoms with van der Waals surface area (Å²) in [5, 5.41) is 2.03. The molecule has 5 heteroatoms. The number of anilines is 4. The Morgan fingerprint density at radius 3 is 1.98 bits per heavy atom. The van der Waals surface area contributed by atoms with Crippen LogP contribution in [-0.4, -0.2) is 16.2 Å². The van der Waals surface area contributed by atoms with Crippen molar-refractivity contribution in [2.75, 3.05) is 16.5 Å². The maximum Gasteiger partial charge on any atom is 0.138 e. The molecule has 0 fully saturated rings. The number of hydrogen-bond donors (Lipinski definition) is 0. The molecule has 0 atom stereocenters. The zero-order valence-corrected chi connectivity index (χ0v) is 34.2. The van der Waals surface area contributed by atoms with Gasteiger partial charge >= 0.3 is 0 Å². The lowest BCUT2D eigenvalue weighted by molar-refractivity contribution is 0.483. The molecule has 0 saturated heterocycles. The average Bonchev–Trinajstić information content (AvgIpc) is 3.78. The molecule has 0 aliphatic carbocycles. The smallest absolute Gasteiger partial charge is 0.138 e. The van der Waals surface area contributed by atoms with Crippen LogP contribution in [0, 0.1) is 20.6 Å². The fraction of sp³-hybridized carbons (Fsp3) is 0.226. The lowest BCUT2D eigenvalue weighted by Crippen LogP contribution is -2.25. The van der Waals surface area contributed by atoms with Gasteiger partial charge in [-0.2, -0.15) is 0 Å². The van der Waals surface area contributed by atoms with Gasteiger partial charge in [0.05, 0.1) is 22.4 Å². The molecule has 0 bridgehead atoms. The first-order valence-corrected chi connectivity index (χ1v) is 19.9. The number of aryl methyl sites for hydroxylation is 3. The van der Waals surface area contributed by atoms with Crippen LogP contribution in [0.4, 0.5) is 22.7 Å². The molecule has 290 valence electrons. The maximum atomic E-state index is 8.39. The highest BCUT2D eigenvalue weighted by Gasteiger charge is 2.30. The first-order chi connectivity index (χ1) is 30.1. The van der Waals surface area contributed by atoms with Crippen molar-refractivity contribution in [2.24, 2.45) is 0 Å².